The number of nitrogens with zero attached hydrogens (tertiary/aromatic N) is 4. The van der Waals surface area contributed by atoms with Crippen LogP contribution in [0.1, 0.15) is 18.3 Å². The van der Waals surface area contributed by atoms with Gasteiger partial charge in [-0.1, -0.05) is 18.2 Å². The molecule has 0 fully saturated rings. The van der Waals surface area contributed by atoms with Crippen LogP contribution in [-0.2, 0) is 13.0 Å². The second-order valence-electron chi connectivity index (χ2n) is 5.43. The molecule has 1 aromatic heterocycles. The number of aromatic nitrogens is 2. The molecular formula is C17H23N5. The molecule has 0 aliphatic carbocycles. The Hall–Kier alpha value is -2.30. The summed E-state index contributed by atoms with van der Waals surface area (Å²) >= 11 is 0. The summed E-state index contributed by atoms with van der Waals surface area (Å²) in [4.78, 5) is 11.3. The van der Waals surface area contributed by atoms with Crippen LogP contribution in [0, 0.1) is 6.92 Å². The number of guanidine groups is 1. The number of para-hydroxylation sites is 1. The van der Waals surface area contributed by atoms with Gasteiger partial charge in [0.1, 0.15) is 5.82 Å². The van der Waals surface area contributed by atoms with Gasteiger partial charge < -0.3 is 14.8 Å². The van der Waals surface area contributed by atoms with Crippen LogP contribution in [0.3, 0.4) is 0 Å². The molecule has 5 heteroatoms. The summed E-state index contributed by atoms with van der Waals surface area (Å²) in [5, 5.41) is 3.41. The van der Waals surface area contributed by atoms with Crippen molar-refractivity contribution in [3.05, 3.63) is 48.0 Å². The maximum absolute atomic E-state index is 4.79. The van der Waals surface area contributed by atoms with Crippen molar-refractivity contribution < 1.29 is 0 Å². The van der Waals surface area contributed by atoms with Gasteiger partial charge in [-0.15, -0.1) is 0 Å². The van der Waals surface area contributed by atoms with Crippen molar-refractivity contribution in [2.45, 2.75) is 26.8 Å². The Morgan fingerprint density at radius 3 is 3.00 bits per heavy atom. The van der Waals surface area contributed by atoms with Gasteiger partial charge in [-0.05, 0) is 31.9 Å². The van der Waals surface area contributed by atoms with Gasteiger partial charge in [-0.3, -0.25) is 4.99 Å². The molecular weight excluding hydrogens is 274 g/mol. The van der Waals surface area contributed by atoms with Gasteiger partial charge in [0.05, 0.1) is 6.54 Å². The van der Waals surface area contributed by atoms with Crippen LogP contribution in [0.15, 0.2) is 41.7 Å². The van der Waals surface area contributed by atoms with E-state index in [1.54, 1.807) is 0 Å². The molecule has 3 rings (SSSR count). The van der Waals surface area contributed by atoms with Gasteiger partial charge in [0.25, 0.3) is 0 Å². The van der Waals surface area contributed by atoms with E-state index in [0.717, 1.165) is 44.4 Å². The molecule has 1 aliphatic heterocycles. The van der Waals surface area contributed by atoms with E-state index in [1.165, 1.54) is 11.3 Å². The third-order valence-corrected chi connectivity index (χ3v) is 4.00. The van der Waals surface area contributed by atoms with E-state index >= 15 is 0 Å². The number of benzene rings is 1. The molecule has 5 nitrogen and oxygen atoms in total. The summed E-state index contributed by atoms with van der Waals surface area (Å²) in [6.07, 6.45) is 4.92. The molecule has 0 unspecified atom stereocenters. The van der Waals surface area contributed by atoms with Crippen molar-refractivity contribution in [1.29, 1.82) is 0 Å². The lowest BCUT2D eigenvalue weighted by atomic mass is 10.2. The van der Waals surface area contributed by atoms with E-state index < -0.39 is 0 Å². The van der Waals surface area contributed by atoms with Crippen LogP contribution in [0.4, 0.5) is 5.69 Å². The highest BCUT2D eigenvalue weighted by atomic mass is 15.3. The highest BCUT2D eigenvalue weighted by Gasteiger charge is 2.22. The van der Waals surface area contributed by atoms with Gasteiger partial charge in [0, 0.05) is 37.7 Å². The smallest absolute Gasteiger partial charge is 0.198 e. The Kier molecular flexibility index (Phi) is 4.42. The van der Waals surface area contributed by atoms with E-state index in [1.807, 2.05) is 19.3 Å². The summed E-state index contributed by atoms with van der Waals surface area (Å²) in [5.74, 6) is 2.01. The molecule has 22 heavy (non-hydrogen) atoms. The van der Waals surface area contributed by atoms with Crippen LogP contribution in [0.5, 0.6) is 0 Å². The van der Waals surface area contributed by atoms with Crippen LogP contribution in [-0.4, -0.2) is 35.1 Å². The van der Waals surface area contributed by atoms with Crippen LogP contribution >= 0.6 is 0 Å². The third-order valence-electron chi connectivity index (χ3n) is 4.00. The van der Waals surface area contributed by atoms with Gasteiger partial charge in [0.15, 0.2) is 5.96 Å². The molecule has 0 radical (unpaired) electrons. The van der Waals surface area contributed by atoms with E-state index in [4.69, 9.17) is 4.99 Å². The Morgan fingerprint density at radius 1 is 1.36 bits per heavy atom. The third kappa shape index (κ3) is 2.98. The molecule has 0 amide bonds. The Morgan fingerprint density at radius 2 is 2.23 bits per heavy atom. The average molecular weight is 297 g/mol. The molecule has 0 saturated carbocycles. The molecule has 1 N–H and O–H groups in total. The first-order valence-electron chi connectivity index (χ1n) is 7.91. The molecule has 2 aromatic rings. The zero-order valence-corrected chi connectivity index (χ0v) is 13.3. The summed E-state index contributed by atoms with van der Waals surface area (Å²) in [6, 6.07) is 8.58. The van der Waals surface area contributed by atoms with E-state index in [2.05, 4.69) is 51.0 Å². The molecule has 1 aliphatic rings. The van der Waals surface area contributed by atoms with E-state index in [9.17, 15) is 0 Å². The number of hydrogen-bond donors (Lipinski definition) is 1. The van der Waals surface area contributed by atoms with Crippen molar-refractivity contribution in [3.63, 3.8) is 0 Å². The minimum absolute atomic E-state index is 0.748. The van der Waals surface area contributed by atoms with Gasteiger partial charge in [0.2, 0.25) is 0 Å². The maximum atomic E-state index is 4.79. The van der Waals surface area contributed by atoms with Gasteiger partial charge in [-0.2, -0.15) is 0 Å². The maximum Gasteiger partial charge on any atom is 0.198 e. The van der Waals surface area contributed by atoms with E-state index in [0.29, 0.717) is 0 Å². The normalized spacial score (nSPS) is 14.3. The number of anilines is 1. The standard InChI is InChI=1S/C17H23N5/c1-3-18-17(20-10-13-21-12-9-19-14(21)2)22-11-8-15-6-4-5-7-16(15)22/h4-7,9,12H,3,8,10-11,13H2,1-2H3,(H,18,20). The molecule has 0 saturated heterocycles. The van der Waals surface area contributed by atoms with Gasteiger partial charge >= 0.3 is 0 Å². The second-order valence-corrected chi connectivity index (χ2v) is 5.43. The minimum atomic E-state index is 0.748. The largest absolute Gasteiger partial charge is 0.356 e. The first-order valence-corrected chi connectivity index (χ1v) is 7.91. The predicted molar refractivity (Wildman–Crippen MR) is 90.4 cm³/mol. The van der Waals surface area contributed by atoms with Crippen molar-refractivity contribution in [1.82, 2.24) is 14.9 Å². The number of rotatable bonds is 4. The molecule has 0 spiro atoms. The van der Waals surface area contributed by atoms with Crippen molar-refractivity contribution >= 4 is 11.6 Å². The number of imidazole rings is 1. The van der Waals surface area contributed by atoms with E-state index in [-0.39, 0.29) is 0 Å². The lowest BCUT2D eigenvalue weighted by Crippen LogP contribution is -2.40. The molecule has 0 atom stereocenters. The van der Waals surface area contributed by atoms with Gasteiger partial charge in [-0.25, -0.2) is 4.98 Å². The summed E-state index contributed by atoms with van der Waals surface area (Å²) in [7, 11) is 0. The number of hydrogen-bond acceptors (Lipinski definition) is 2. The topological polar surface area (TPSA) is 45.5 Å². The van der Waals surface area contributed by atoms with Crippen LogP contribution in [0.25, 0.3) is 0 Å². The lowest BCUT2D eigenvalue weighted by molar-refractivity contribution is 0.681. The minimum Gasteiger partial charge on any atom is -0.356 e. The first-order chi connectivity index (χ1) is 10.8. The quantitative estimate of drug-likeness (QED) is 0.695. The zero-order valence-electron chi connectivity index (χ0n) is 13.3. The lowest BCUT2D eigenvalue weighted by Gasteiger charge is -2.22. The molecule has 2 heterocycles. The second kappa shape index (κ2) is 6.64. The average Bonchev–Trinajstić information content (AvgIpc) is 3.13. The van der Waals surface area contributed by atoms with Crippen molar-refractivity contribution in [3.8, 4) is 0 Å². The highest BCUT2D eigenvalue weighted by molar-refractivity contribution is 5.97. The fraction of sp³-hybridized carbons (Fsp3) is 0.412. The molecule has 0 bridgehead atoms. The number of fused-ring (bicyclic) bond motifs is 1. The predicted octanol–water partition coefficient (Wildman–Crippen LogP) is 2.22. The Balaban J connectivity index is 1.73. The summed E-state index contributed by atoms with van der Waals surface area (Å²) in [6.45, 7) is 7.61. The van der Waals surface area contributed by atoms with Crippen molar-refractivity contribution in [2.24, 2.45) is 4.99 Å². The number of nitrogens with one attached hydrogen (secondary N) is 1. The monoisotopic (exact) mass is 297 g/mol. The van der Waals surface area contributed by atoms with Crippen LogP contribution < -0.4 is 10.2 Å². The Labute approximate surface area is 131 Å². The molecule has 1 aromatic carbocycles. The van der Waals surface area contributed by atoms with Crippen molar-refractivity contribution in [2.75, 3.05) is 24.5 Å². The fourth-order valence-corrected chi connectivity index (χ4v) is 2.86. The number of aliphatic imine (C=N–C) groups is 1. The summed E-state index contributed by atoms with van der Waals surface area (Å²) < 4.78 is 2.13. The fourth-order valence-electron chi connectivity index (χ4n) is 2.86. The summed E-state index contributed by atoms with van der Waals surface area (Å²) in [5.41, 5.74) is 2.68. The molecule has 116 valence electrons. The highest BCUT2D eigenvalue weighted by Crippen LogP contribution is 2.27. The Bertz CT molecular complexity index is 659. The number of aryl methyl sites for hydroxylation is 1. The van der Waals surface area contributed by atoms with Crippen LogP contribution in [0.2, 0.25) is 0 Å². The SMILES string of the molecule is CCNC(=NCCn1ccnc1C)N1CCc2ccccc21. The first kappa shape index (κ1) is 14.6. The zero-order chi connectivity index (χ0) is 15.4.